The Labute approximate surface area is 110 Å². The number of carbonyl (C=O) groups excluding carboxylic acids is 1. The summed E-state index contributed by atoms with van der Waals surface area (Å²) in [7, 11) is 0. The van der Waals surface area contributed by atoms with Crippen LogP contribution < -0.4 is 0 Å². The lowest BCUT2D eigenvalue weighted by molar-refractivity contribution is -0.142. The molecule has 0 bridgehead atoms. The van der Waals surface area contributed by atoms with Crippen LogP contribution in [0, 0.1) is 11.3 Å². The van der Waals surface area contributed by atoms with Crippen LogP contribution in [0.5, 0.6) is 0 Å². The van der Waals surface area contributed by atoms with Gasteiger partial charge in [-0.1, -0.05) is 19.1 Å². The number of rotatable bonds is 5. The van der Waals surface area contributed by atoms with Crippen LogP contribution in [0.4, 0.5) is 8.78 Å². The monoisotopic (exact) mass is 267 g/mol. The number of benzene rings is 1. The Balaban J connectivity index is 3.21. The number of carbonyl (C=O) groups is 1. The van der Waals surface area contributed by atoms with E-state index in [4.69, 9.17) is 10.00 Å². The molecule has 0 atom stereocenters. The van der Waals surface area contributed by atoms with Crippen molar-refractivity contribution in [1.82, 2.24) is 0 Å². The van der Waals surface area contributed by atoms with Gasteiger partial charge in [-0.2, -0.15) is 5.26 Å². The highest BCUT2D eigenvalue weighted by atomic mass is 19.3. The summed E-state index contributed by atoms with van der Waals surface area (Å²) in [6.45, 7) is 3.72. The average Bonchev–Trinajstić information content (AvgIpc) is 2.37. The molecule has 19 heavy (non-hydrogen) atoms. The van der Waals surface area contributed by atoms with Gasteiger partial charge in [0.05, 0.1) is 24.7 Å². The zero-order valence-electron chi connectivity index (χ0n) is 10.9. The van der Waals surface area contributed by atoms with Gasteiger partial charge in [0, 0.05) is 5.56 Å². The van der Waals surface area contributed by atoms with E-state index < -0.39 is 12.4 Å². The maximum atomic E-state index is 12.8. The van der Waals surface area contributed by atoms with Crippen molar-refractivity contribution in [3.05, 3.63) is 34.4 Å². The quantitative estimate of drug-likeness (QED) is 0.770. The highest BCUT2D eigenvalue weighted by Crippen LogP contribution is 2.28. The fourth-order valence-electron chi connectivity index (χ4n) is 1.96. The highest BCUT2D eigenvalue weighted by molar-refractivity contribution is 5.73. The highest BCUT2D eigenvalue weighted by Gasteiger charge is 2.19. The van der Waals surface area contributed by atoms with Gasteiger partial charge in [-0.3, -0.25) is 4.79 Å². The number of hydrogen-bond acceptors (Lipinski definition) is 3. The molecule has 3 nitrogen and oxygen atoms in total. The van der Waals surface area contributed by atoms with Gasteiger partial charge in [0.15, 0.2) is 0 Å². The minimum absolute atomic E-state index is 0.00475. The zero-order chi connectivity index (χ0) is 14.4. The molecule has 0 amide bonds. The third kappa shape index (κ3) is 3.50. The minimum Gasteiger partial charge on any atom is -0.466 e. The molecule has 0 N–H and O–H groups in total. The third-order valence-electron chi connectivity index (χ3n) is 2.78. The molecule has 0 aliphatic carbocycles. The first-order valence-electron chi connectivity index (χ1n) is 6.03. The fourth-order valence-corrected chi connectivity index (χ4v) is 1.96. The van der Waals surface area contributed by atoms with Crippen molar-refractivity contribution in [2.24, 2.45) is 0 Å². The molecular weight excluding hydrogens is 252 g/mol. The summed E-state index contributed by atoms with van der Waals surface area (Å²) < 4.78 is 30.4. The van der Waals surface area contributed by atoms with Crippen molar-refractivity contribution < 1.29 is 18.3 Å². The molecule has 0 saturated carbocycles. The van der Waals surface area contributed by atoms with E-state index in [1.165, 1.54) is 12.1 Å². The van der Waals surface area contributed by atoms with Crippen LogP contribution in [0.3, 0.4) is 0 Å². The number of ether oxygens (including phenoxy) is 1. The smallest absolute Gasteiger partial charge is 0.310 e. The summed E-state index contributed by atoms with van der Waals surface area (Å²) in [6.07, 6.45) is -2.29. The average molecular weight is 267 g/mol. The largest absolute Gasteiger partial charge is 0.466 e. The lowest BCUT2D eigenvalue weighted by Gasteiger charge is -2.13. The summed E-state index contributed by atoms with van der Waals surface area (Å²) >= 11 is 0. The van der Waals surface area contributed by atoms with Gasteiger partial charge in [-0.25, -0.2) is 8.78 Å². The van der Waals surface area contributed by atoms with Gasteiger partial charge in [0.25, 0.3) is 6.43 Å². The summed E-state index contributed by atoms with van der Waals surface area (Å²) in [6, 6.07) is 4.49. The van der Waals surface area contributed by atoms with Gasteiger partial charge in [-0.05, 0) is 24.5 Å². The number of nitrogens with zero attached hydrogens (tertiary/aromatic N) is 1. The molecule has 0 unspecified atom stereocenters. The number of nitriles is 1. The van der Waals surface area contributed by atoms with Crippen molar-refractivity contribution in [3.8, 4) is 6.07 Å². The van der Waals surface area contributed by atoms with Gasteiger partial charge in [-0.15, -0.1) is 0 Å². The molecule has 0 radical (unpaired) electrons. The first-order chi connectivity index (χ1) is 9.04. The van der Waals surface area contributed by atoms with Crippen LogP contribution in [0.2, 0.25) is 0 Å². The Morgan fingerprint density at radius 3 is 2.58 bits per heavy atom. The van der Waals surface area contributed by atoms with E-state index in [1.54, 1.807) is 13.8 Å². The van der Waals surface area contributed by atoms with Gasteiger partial charge in [0.2, 0.25) is 0 Å². The topological polar surface area (TPSA) is 50.1 Å². The molecule has 0 saturated heterocycles. The van der Waals surface area contributed by atoms with E-state index in [2.05, 4.69) is 0 Å². The second-order valence-electron chi connectivity index (χ2n) is 3.92. The van der Waals surface area contributed by atoms with Crippen LogP contribution in [-0.4, -0.2) is 12.6 Å². The molecule has 1 aromatic rings. The number of alkyl halides is 2. The van der Waals surface area contributed by atoms with E-state index in [0.29, 0.717) is 17.5 Å². The second-order valence-corrected chi connectivity index (χ2v) is 3.92. The Kier molecular flexibility index (Phi) is 5.43. The lowest BCUT2D eigenvalue weighted by Crippen LogP contribution is -2.11. The SMILES string of the molecule is CCOC(=O)Cc1ccc(C(F)F)c(C#N)c1CC. The minimum atomic E-state index is -2.70. The number of halogens is 2. The predicted molar refractivity (Wildman–Crippen MR) is 65.8 cm³/mol. The van der Waals surface area contributed by atoms with Crippen molar-refractivity contribution in [1.29, 1.82) is 5.26 Å². The maximum absolute atomic E-state index is 12.8. The Bertz CT molecular complexity index is 507. The number of hydrogen-bond donors (Lipinski definition) is 0. The van der Waals surface area contributed by atoms with Crippen molar-refractivity contribution in [3.63, 3.8) is 0 Å². The van der Waals surface area contributed by atoms with Gasteiger partial charge >= 0.3 is 5.97 Å². The van der Waals surface area contributed by atoms with Crippen LogP contribution in [0.15, 0.2) is 12.1 Å². The predicted octanol–water partition coefficient (Wildman–Crippen LogP) is 3.16. The molecule has 0 aliphatic rings. The van der Waals surface area contributed by atoms with Crippen molar-refractivity contribution >= 4 is 5.97 Å². The van der Waals surface area contributed by atoms with E-state index >= 15 is 0 Å². The molecule has 0 aliphatic heterocycles. The summed E-state index contributed by atoms with van der Waals surface area (Å²) in [5.41, 5.74) is 0.751. The molecule has 0 fully saturated rings. The van der Waals surface area contributed by atoms with Crippen LogP contribution >= 0.6 is 0 Å². The maximum Gasteiger partial charge on any atom is 0.310 e. The summed E-state index contributed by atoms with van der Waals surface area (Å²) in [5.74, 6) is -0.425. The van der Waals surface area contributed by atoms with Gasteiger partial charge < -0.3 is 4.74 Å². The standard InChI is InChI=1S/C14H15F2NO2/c1-3-10-9(7-13(18)19-4-2)5-6-11(14(15)16)12(10)8-17/h5-6,14H,3-4,7H2,1-2H3. The Morgan fingerprint density at radius 1 is 1.42 bits per heavy atom. The van der Waals surface area contributed by atoms with Crippen LogP contribution in [0.25, 0.3) is 0 Å². The molecule has 0 heterocycles. The normalized spacial score (nSPS) is 10.3. The molecule has 0 aromatic heterocycles. The van der Waals surface area contributed by atoms with E-state index in [-0.39, 0.29) is 24.2 Å². The van der Waals surface area contributed by atoms with E-state index in [9.17, 15) is 13.6 Å². The van der Waals surface area contributed by atoms with E-state index in [0.717, 1.165) is 0 Å². The van der Waals surface area contributed by atoms with Crippen molar-refractivity contribution in [2.75, 3.05) is 6.61 Å². The lowest BCUT2D eigenvalue weighted by atomic mass is 9.93. The molecule has 5 heteroatoms. The van der Waals surface area contributed by atoms with Crippen LogP contribution in [-0.2, 0) is 22.4 Å². The first-order valence-corrected chi connectivity index (χ1v) is 6.03. The molecule has 1 aromatic carbocycles. The zero-order valence-corrected chi connectivity index (χ0v) is 10.9. The second kappa shape index (κ2) is 6.83. The molecule has 1 rings (SSSR count). The molecular formula is C14H15F2NO2. The fraction of sp³-hybridized carbons (Fsp3) is 0.429. The summed E-state index contributed by atoms with van der Waals surface area (Å²) in [5, 5.41) is 9.04. The molecule has 102 valence electrons. The first kappa shape index (κ1) is 15.1. The number of esters is 1. The Hall–Kier alpha value is -1.96. The van der Waals surface area contributed by atoms with Crippen molar-refractivity contribution in [2.45, 2.75) is 33.1 Å². The van der Waals surface area contributed by atoms with Gasteiger partial charge in [0.1, 0.15) is 0 Å². The summed E-state index contributed by atoms with van der Waals surface area (Å²) in [4.78, 5) is 11.4. The third-order valence-corrected chi connectivity index (χ3v) is 2.78. The van der Waals surface area contributed by atoms with Crippen LogP contribution in [0.1, 0.15) is 42.5 Å². The van der Waals surface area contributed by atoms with E-state index in [1.807, 2.05) is 6.07 Å². The molecule has 0 spiro atoms. The Morgan fingerprint density at radius 2 is 2.11 bits per heavy atom.